The third kappa shape index (κ3) is 27.6. The summed E-state index contributed by atoms with van der Waals surface area (Å²) in [7, 11) is 0. The van der Waals surface area contributed by atoms with Gasteiger partial charge in [-0.25, -0.2) is 0 Å². The van der Waals surface area contributed by atoms with Crippen molar-refractivity contribution in [2.45, 2.75) is 304 Å². The molecule has 0 spiro atoms. The number of thioether (sulfide) groups is 1. The van der Waals surface area contributed by atoms with E-state index in [9.17, 15) is 0 Å². The zero-order chi connectivity index (χ0) is 60.7. The minimum absolute atomic E-state index is 0.626. The first-order valence-corrected chi connectivity index (χ1v) is 35.8. The van der Waals surface area contributed by atoms with E-state index in [1.54, 1.807) is 5.56 Å². The van der Waals surface area contributed by atoms with E-state index in [4.69, 9.17) is 0 Å². The van der Waals surface area contributed by atoms with Crippen LogP contribution in [0.5, 0.6) is 0 Å². The predicted molar refractivity (Wildman–Crippen MR) is 367 cm³/mol. The van der Waals surface area contributed by atoms with Gasteiger partial charge in [-0.3, -0.25) is 19.6 Å². The highest BCUT2D eigenvalue weighted by molar-refractivity contribution is 7.99. The molecule has 2 saturated carbocycles. The molecule has 7 fully saturated rings. The van der Waals surface area contributed by atoms with E-state index in [0.717, 1.165) is 66.6 Å². The van der Waals surface area contributed by atoms with Crippen LogP contribution in [0.4, 0.5) is 5.69 Å². The van der Waals surface area contributed by atoms with Crippen molar-refractivity contribution in [1.29, 1.82) is 0 Å². The van der Waals surface area contributed by atoms with E-state index < -0.39 is 0 Å². The summed E-state index contributed by atoms with van der Waals surface area (Å²) in [4.78, 5) is 15.5. The van der Waals surface area contributed by atoms with Gasteiger partial charge in [0.25, 0.3) is 0 Å². The fourth-order valence-electron chi connectivity index (χ4n) is 13.1. The summed E-state index contributed by atoms with van der Waals surface area (Å²) >= 11 is 2.07. The van der Waals surface area contributed by atoms with Gasteiger partial charge < -0.3 is 15.1 Å². The molecular formula is C72H141N7S. The molecule has 2 aliphatic carbocycles. The van der Waals surface area contributed by atoms with Crippen LogP contribution in [0.15, 0.2) is 48.5 Å². The standard InChI is InChI=1S/C12H17N.C12H23N.C12H17N.C9H17N.C8H16N2.C7H15NS.6C2H6/c1-10(2)13-9-5-7-11-6-3-4-8-12(11)13;2*1-10(2)13-8-7-11-5-3-4-6-12(11)9-13;1-7(2)10-6-8-3-4-9(10)5-8;1-6(2)10-5-7-3-8(10)4-9-7;1-7(2)8-3-5-9-6-4-8;6*1-2/h3-4,6,8,10H,5,7,9H2,1-2H3;10-12H,3-9H2,1-2H3;3-6,10H,7-9H2,1-2H3;7-9H,3-6H2,1-2H3;6-9H,3-5H2,1-2H3;7H,3-6H2,1-2H3;6*1-2H3. The molecule has 2 aromatic carbocycles. The maximum atomic E-state index is 3.50. The molecule has 8 heteroatoms. The first-order valence-electron chi connectivity index (χ1n) is 34.6. The van der Waals surface area contributed by atoms with Gasteiger partial charge in [0.2, 0.25) is 0 Å². The smallest absolute Gasteiger partial charge is 0.0401 e. The quantitative estimate of drug-likeness (QED) is 0.306. The zero-order valence-corrected chi connectivity index (χ0v) is 58.9. The second kappa shape index (κ2) is 46.6. The fourth-order valence-corrected chi connectivity index (χ4v) is 14.0. The van der Waals surface area contributed by atoms with E-state index in [1.165, 1.54) is 164 Å². The number of benzene rings is 2. The normalized spacial score (nSPS) is 24.4. The van der Waals surface area contributed by atoms with Crippen LogP contribution in [0.1, 0.15) is 247 Å². The third-order valence-corrected chi connectivity index (χ3v) is 18.3. The SMILES string of the molecule is CC.CC.CC.CC.CC.CC.CC(C)N1CC2CC1CN2.CC(C)N1CC2CCC1C2.CC(C)N1CCC2CCCCC2C1.CC(C)N1CCCc2ccccc21.CC(C)N1CCSCC1.CC(C)N1CCc2ccccc2C1. The Morgan fingerprint density at radius 1 is 0.425 bits per heavy atom. The van der Waals surface area contributed by atoms with Gasteiger partial charge in [-0.05, 0) is 188 Å². The van der Waals surface area contributed by atoms with Gasteiger partial charge in [-0.15, -0.1) is 0 Å². The van der Waals surface area contributed by atoms with Crippen LogP contribution in [-0.4, -0.2) is 149 Å². The number of nitrogens with one attached hydrogen (secondary N) is 1. The van der Waals surface area contributed by atoms with E-state index in [1.807, 2.05) is 83.1 Å². The number of rotatable bonds is 6. The Labute approximate surface area is 507 Å². The maximum Gasteiger partial charge on any atom is 0.0401 e. The van der Waals surface area contributed by atoms with Crippen LogP contribution >= 0.6 is 11.8 Å². The number of anilines is 1. The first-order chi connectivity index (χ1) is 38.7. The van der Waals surface area contributed by atoms with Crippen molar-refractivity contribution in [2.24, 2.45) is 17.8 Å². The number of piperazine rings is 1. The van der Waals surface area contributed by atoms with Gasteiger partial charge >= 0.3 is 0 Å². The number of para-hydroxylation sites is 1. The number of nitrogens with zero attached hydrogens (tertiary/aromatic N) is 6. The lowest BCUT2D eigenvalue weighted by Gasteiger charge is -2.42. The molecule has 9 aliphatic rings. The average molecular weight is 1140 g/mol. The number of piperidine rings is 2. The predicted octanol–water partition coefficient (Wildman–Crippen LogP) is 18.1. The summed E-state index contributed by atoms with van der Waals surface area (Å²) < 4.78 is 0. The van der Waals surface area contributed by atoms with Crippen LogP contribution in [0.25, 0.3) is 0 Å². The molecule has 6 unspecified atom stereocenters. The minimum Gasteiger partial charge on any atom is -0.369 e. The van der Waals surface area contributed by atoms with Crippen LogP contribution in [0, 0.1) is 17.8 Å². The molecule has 7 aliphatic heterocycles. The molecule has 7 heterocycles. The van der Waals surface area contributed by atoms with E-state index in [-0.39, 0.29) is 0 Å². The lowest BCUT2D eigenvalue weighted by Crippen LogP contribution is -2.46. The molecule has 6 atom stereocenters. The highest BCUT2D eigenvalue weighted by Crippen LogP contribution is 2.39. The van der Waals surface area contributed by atoms with Crippen LogP contribution in [0.2, 0.25) is 0 Å². The van der Waals surface area contributed by atoms with Crippen molar-refractivity contribution in [3.63, 3.8) is 0 Å². The van der Waals surface area contributed by atoms with Crippen LogP contribution in [0.3, 0.4) is 0 Å². The van der Waals surface area contributed by atoms with E-state index in [2.05, 4.69) is 178 Å². The summed E-state index contributed by atoms with van der Waals surface area (Å²) in [6.07, 6.45) is 17.1. The zero-order valence-electron chi connectivity index (χ0n) is 58.1. The Morgan fingerprint density at radius 3 is 1.41 bits per heavy atom. The maximum absolute atomic E-state index is 3.50. The second-order valence-corrected chi connectivity index (χ2v) is 25.2. The fraction of sp³-hybridized carbons (Fsp3) is 0.833. The molecule has 5 saturated heterocycles. The number of fused-ring (bicyclic) bond motifs is 7. The molecule has 470 valence electrons. The largest absolute Gasteiger partial charge is 0.369 e. The lowest BCUT2D eigenvalue weighted by atomic mass is 9.75. The summed E-state index contributed by atoms with van der Waals surface area (Å²) in [6.45, 7) is 64.3. The van der Waals surface area contributed by atoms with Gasteiger partial charge in [-0.2, -0.15) is 11.8 Å². The summed E-state index contributed by atoms with van der Waals surface area (Å²) in [6, 6.07) is 24.6. The lowest BCUT2D eigenvalue weighted by molar-refractivity contribution is 0.0669. The minimum atomic E-state index is 0.626. The van der Waals surface area contributed by atoms with E-state index in [0.29, 0.717) is 12.1 Å². The van der Waals surface area contributed by atoms with Gasteiger partial charge in [0.15, 0.2) is 0 Å². The summed E-state index contributed by atoms with van der Waals surface area (Å²) in [5.41, 5.74) is 6.02. The number of aryl methyl sites for hydroxylation is 1. The van der Waals surface area contributed by atoms with Crippen molar-refractivity contribution in [3.05, 3.63) is 65.2 Å². The molecule has 0 amide bonds. The molecule has 0 aromatic heterocycles. The monoisotopic (exact) mass is 1140 g/mol. The second-order valence-electron chi connectivity index (χ2n) is 23.9. The van der Waals surface area contributed by atoms with Crippen molar-refractivity contribution < 1.29 is 0 Å². The molecule has 0 radical (unpaired) electrons. The Morgan fingerprint density at radius 2 is 0.963 bits per heavy atom. The molecule has 80 heavy (non-hydrogen) atoms. The van der Waals surface area contributed by atoms with Crippen molar-refractivity contribution in [2.75, 3.05) is 75.3 Å². The Kier molecular flexibility index (Phi) is 45.7. The molecule has 2 aromatic rings. The van der Waals surface area contributed by atoms with Crippen LogP contribution in [-0.2, 0) is 19.4 Å². The van der Waals surface area contributed by atoms with Crippen molar-refractivity contribution in [3.8, 4) is 0 Å². The number of hydrogen-bond acceptors (Lipinski definition) is 8. The van der Waals surface area contributed by atoms with Crippen LogP contribution < -0.4 is 10.2 Å². The molecule has 4 bridgehead atoms. The highest BCUT2D eigenvalue weighted by Gasteiger charge is 2.39. The third-order valence-electron chi connectivity index (χ3n) is 17.4. The topological polar surface area (TPSA) is 31.5 Å². The average Bonchev–Trinajstić information content (AvgIpc) is 4.37. The number of likely N-dealkylation sites (tertiary alicyclic amines) is 3. The van der Waals surface area contributed by atoms with Gasteiger partial charge in [0.05, 0.1) is 0 Å². The van der Waals surface area contributed by atoms with Gasteiger partial charge in [0, 0.05) is 130 Å². The Hall–Kier alpha value is -1.65. The Balaban J connectivity index is 0.000000904. The summed E-state index contributed by atoms with van der Waals surface area (Å²) in [5.74, 6) is 5.86. The number of hydrogen-bond donors (Lipinski definition) is 1. The molecule has 7 nitrogen and oxygen atoms in total. The van der Waals surface area contributed by atoms with Gasteiger partial charge in [0.1, 0.15) is 0 Å². The van der Waals surface area contributed by atoms with Crippen molar-refractivity contribution >= 4 is 17.4 Å². The van der Waals surface area contributed by atoms with E-state index >= 15 is 0 Å². The van der Waals surface area contributed by atoms with Gasteiger partial charge in [-0.1, -0.05) is 145 Å². The molecular weight excluding hydrogens is 995 g/mol. The summed E-state index contributed by atoms with van der Waals surface area (Å²) in [5, 5.41) is 3.50. The Bertz CT molecular complexity index is 1680. The van der Waals surface area contributed by atoms with Crippen molar-refractivity contribution in [1.82, 2.24) is 29.8 Å². The molecule has 1 N–H and O–H groups in total. The first kappa shape index (κ1) is 78.4. The highest BCUT2D eigenvalue weighted by atomic mass is 32.2. The molecule has 11 rings (SSSR count).